The monoisotopic (exact) mass is 520 g/mol. The minimum absolute atomic E-state index is 0.141. The zero-order valence-corrected chi connectivity index (χ0v) is 21.3. The summed E-state index contributed by atoms with van der Waals surface area (Å²) in [6, 6.07) is 0. The third-order valence-corrected chi connectivity index (χ3v) is 9.49. The second-order valence-electron chi connectivity index (χ2n) is 11.5. The maximum Gasteiger partial charge on any atom is 0.348 e. The summed E-state index contributed by atoms with van der Waals surface area (Å²) < 4.78 is 22.5. The van der Waals surface area contributed by atoms with Crippen LogP contribution in [0.4, 0.5) is 0 Å². The maximum atomic E-state index is 13.4. The fourth-order valence-electron chi connectivity index (χ4n) is 8.25. The Morgan fingerprint density at radius 1 is 1.16 bits per heavy atom. The number of fused-ring (bicyclic) bond motifs is 2. The molecule has 5 rings (SSSR count). The van der Waals surface area contributed by atoms with Gasteiger partial charge in [0.15, 0.2) is 11.5 Å². The molecule has 0 amide bonds. The number of carbonyl (C=O) groups is 4. The average molecular weight is 521 g/mol. The number of ether oxygens (including phenoxy) is 4. The Balaban J connectivity index is 1.74. The first-order chi connectivity index (χ1) is 17.3. The van der Waals surface area contributed by atoms with Crippen LogP contribution in [0.25, 0.3) is 0 Å². The Morgan fingerprint density at radius 2 is 1.84 bits per heavy atom. The number of carbonyl (C=O) groups excluding carboxylic acids is 4. The molecule has 11 nitrogen and oxygen atoms in total. The van der Waals surface area contributed by atoms with E-state index < -0.39 is 82.3 Å². The summed E-state index contributed by atoms with van der Waals surface area (Å²) in [5.74, 6) is -6.30. The van der Waals surface area contributed by atoms with Gasteiger partial charge in [0.1, 0.15) is 12.2 Å². The number of aliphatic hydroxyl groups is 3. The molecule has 3 aliphatic carbocycles. The minimum Gasteiger partial charge on any atom is -0.504 e. The van der Waals surface area contributed by atoms with Crippen molar-refractivity contribution in [1.82, 2.24) is 0 Å². The van der Waals surface area contributed by atoms with Gasteiger partial charge >= 0.3 is 17.9 Å². The molecule has 2 saturated carbocycles. The van der Waals surface area contributed by atoms with Crippen molar-refractivity contribution in [2.75, 3.05) is 13.7 Å². The lowest BCUT2D eigenvalue weighted by Crippen LogP contribution is -2.79. The van der Waals surface area contributed by atoms with E-state index in [9.17, 15) is 34.5 Å². The van der Waals surface area contributed by atoms with Gasteiger partial charge in [0.25, 0.3) is 0 Å². The topological polar surface area (TPSA) is 166 Å². The number of ketones is 1. The lowest BCUT2D eigenvalue weighted by atomic mass is 9.38. The summed E-state index contributed by atoms with van der Waals surface area (Å²) in [6.07, 6.45) is -4.79. The summed E-state index contributed by atoms with van der Waals surface area (Å²) in [7, 11) is 1.09. The van der Waals surface area contributed by atoms with E-state index in [1.165, 1.54) is 6.08 Å². The predicted molar refractivity (Wildman–Crippen MR) is 122 cm³/mol. The van der Waals surface area contributed by atoms with Crippen LogP contribution < -0.4 is 0 Å². The molecular formula is C26H32O11. The van der Waals surface area contributed by atoms with Gasteiger partial charge in [0, 0.05) is 23.8 Å². The first-order valence-electron chi connectivity index (χ1n) is 12.3. The van der Waals surface area contributed by atoms with Crippen LogP contribution in [-0.2, 0) is 38.1 Å². The van der Waals surface area contributed by atoms with Crippen molar-refractivity contribution in [3.05, 3.63) is 23.0 Å². The average Bonchev–Trinajstić information content (AvgIpc) is 3.12. The lowest BCUT2D eigenvalue weighted by molar-refractivity contribution is -0.290. The van der Waals surface area contributed by atoms with Crippen LogP contribution in [0.1, 0.15) is 40.5 Å². The van der Waals surface area contributed by atoms with E-state index in [0.717, 1.165) is 7.11 Å². The molecule has 2 bridgehead atoms. The molecule has 4 fully saturated rings. The van der Waals surface area contributed by atoms with E-state index >= 15 is 0 Å². The number of allylic oxidation sites excluding steroid dienone is 3. The number of aliphatic hydroxyl groups excluding tert-OH is 3. The third-order valence-electron chi connectivity index (χ3n) is 9.49. The fraction of sp³-hybridized carbons (Fsp3) is 0.692. The summed E-state index contributed by atoms with van der Waals surface area (Å²) >= 11 is 0. The Kier molecular flexibility index (Phi) is 5.68. The van der Waals surface area contributed by atoms with Gasteiger partial charge in [-0.25, -0.2) is 14.4 Å². The molecule has 202 valence electrons. The molecule has 0 aromatic carbocycles. The number of rotatable bonds is 3. The molecule has 0 unspecified atom stereocenters. The highest BCUT2D eigenvalue weighted by Crippen LogP contribution is 2.72. The smallest absolute Gasteiger partial charge is 0.348 e. The van der Waals surface area contributed by atoms with Crippen molar-refractivity contribution in [2.45, 2.75) is 70.6 Å². The Labute approximate surface area is 213 Å². The molecule has 10 atom stereocenters. The van der Waals surface area contributed by atoms with Gasteiger partial charge in [-0.1, -0.05) is 12.5 Å². The van der Waals surface area contributed by atoms with Crippen molar-refractivity contribution in [3.8, 4) is 0 Å². The van der Waals surface area contributed by atoms with Crippen LogP contribution in [0.5, 0.6) is 0 Å². The Bertz CT molecular complexity index is 1150. The van der Waals surface area contributed by atoms with E-state index in [-0.39, 0.29) is 25.2 Å². The van der Waals surface area contributed by atoms with E-state index in [1.807, 2.05) is 0 Å². The molecule has 2 heterocycles. The van der Waals surface area contributed by atoms with Gasteiger partial charge in [-0.15, -0.1) is 0 Å². The van der Waals surface area contributed by atoms with Crippen molar-refractivity contribution < 1.29 is 53.4 Å². The molecule has 0 aromatic rings. The predicted octanol–water partition coefficient (Wildman–Crippen LogP) is 0.517. The van der Waals surface area contributed by atoms with Crippen LogP contribution in [0.2, 0.25) is 0 Å². The fourth-order valence-corrected chi connectivity index (χ4v) is 8.25. The van der Waals surface area contributed by atoms with Crippen LogP contribution in [0, 0.1) is 28.6 Å². The molecule has 2 aliphatic heterocycles. The number of hydrogen-bond acceptors (Lipinski definition) is 11. The van der Waals surface area contributed by atoms with Gasteiger partial charge in [-0.3, -0.25) is 4.79 Å². The third kappa shape index (κ3) is 3.04. The highest BCUT2D eigenvalue weighted by atomic mass is 16.6. The van der Waals surface area contributed by atoms with Crippen LogP contribution in [0.3, 0.4) is 0 Å². The summed E-state index contributed by atoms with van der Waals surface area (Å²) in [5, 5.41) is 33.6. The second-order valence-corrected chi connectivity index (χ2v) is 11.5. The second kappa shape index (κ2) is 8.12. The summed E-state index contributed by atoms with van der Waals surface area (Å²) in [4.78, 5) is 52.2. The zero-order chi connectivity index (χ0) is 27.2. The standard InChI is InChI=1S/C26H32O11/c1-10(2)6-15(28)37-18-20-25-9-35-26(20,23(33)34-5)21(31)17(30)19(25)24(4)8-13(27)16(29)11(3)12(24)7-14(25)36-22(18)32/h6,12,14,17-21,29-31H,7-9H2,1-5H3/t12-,14+,17+,18+,19-,20-,21-,24-,25+,26-/m0/s1. The molecule has 37 heavy (non-hydrogen) atoms. The van der Waals surface area contributed by atoms with Crippen LogP contribution in [0.15, 0.2) is 23.0 Å². The van der Waals surface area contributed by atoms with E-state index in [2.05, 4.69) is 0 Å². The molecule has 0 aromatic heterocycles. The minimum atomic E-state index is -2.22. The molecule has 5 aliphatic rings. The lowest BCUT2D eigenvalue weighted by Gasteiger charge is -2.67. The Hall–Kier alpha value is -2.76. The van der Waals surface area contributed by atoms with E-state index in [4.69, 9.17) is 18.9 Å². The van der Waals surface area contributed by atoms with Crippen molar-refractivity contribution in [2.24, 2.45) is 28.6 Å². The van der Waals surface area contributed by atoms with Gasteiger partial charge < -0.3 is 34.3 Å². The molecule has 3 N–H and O–H groups in total. The number of esters is 3. The highest BCUT2D eigenvalue weighted by molar-refractivity contribution is 5.95. The molecular weight excluding hydrogens is 488 g/mol. The van der Waals surface area contributed by atoms with Crippen molar-refractivity contribution in [1.29, 1.82) is 0 Å². The van der Waals surface area contributed by atoms with Crippen LogP contribution >= 0.6 is 0 Å². The molecule has 1 spiro atoms. The van der Waals surface area contributed by atoms with Gasteiger partial charge in [0.05, 0.1) is 25.7 Å². The first kappa shape index (κ1) is 25.9. The van der Waals surface area contributed by atoms with Crippen molar-refractivity contribution in [3.63, 3.8) is 0 Å². The molecule has 0 radical (unpaired) electrons. The summed E-state index contributed by atoms with van der Waals surface area (Å²) in [6.45, 7) is 6.53. The normalized spacial score (nSPS) is 45.9. The number of hydrogen-bond donors (Lipinski definition) is 3. The Morgan fingerprint density at radius 3 is 2.46 bits per heavy atom. The van der Waals surface area contributed by atoms with E-state index in [0.29, 0.717) is 11.1 Å². The largest absolute Gasteiger partial charge is 0.504 e. The quantitative estimate of drug-likeness (QED) is 0.270. The summed E-state index contributed by atoms with van der Waals surface area (Å²) in [5.41, 5.74) is -3.50. The van der Waals surface area contributed by atoms with Gasteiger partial charge in [-0.2, -0.15) is 0 Å². The van der Waals surface area contributed by atoms with Crippen molar-refractivity contribution >= 4 is 23.7 Å². The SMILES string of the molecule is COC(=O)[C@]12OC[C@@]34[C@@H]1[C@@H](OC(=O)C=C(C)C)C(=O)O[C@@H]3C[C@H]1C(C)=C(O)C(=O)C[C@]1(C)[C@@H]4[C@@H](O)[C@@H]2O. The highest BCUT2D eigenvalue weighted by Gasteiger charge is 2.85. The van der Waals surface area contributed by atoms with E-state index in [1.54, 1.807) is 27.7 Å². The van der Waals surface area contributed by atoms with Gasteiger partial charge in [-0.05, 0) is 44.1 Å². The number of Topliss-reactive ketones (excluding diaryl/α,β-unsaturated/α-hetero) is 1. The first-order valence-corrected chi connectivity index (χ1v) is 12.3. The van der Waals surface area contributed by atoms with Crippen LogP contribution in [-0.4, -0.2) is 82.7 Å². The molecule has 2 saturated heterocycles. The zero-order valence-electron chi connectivity index (χ0n) is 21.3. The number of methoxy groups -OCH3 is 1. The molecule has 11 heteroatoms. The maximum absolute atomic E-state index is 13.4. The van der Waals surface area contributed by atoms with Gasteiger partial charge in [0.2, 0.25) is 11.7 Å².